The maximum atomic E-state index is 9.89. The first-order valence-electron chi connectivity index (χ1n) is 8.65. The molecule has 0 atom stereocenters. The highest BCUT2D eigenvalue weighted by molar-refractivity contribution is 5.62. The number of nitrogens with zero attached hydrogens (tertiary/aromatic N) is 3. The lowest BCUT2D eigenvalue weighted by atomic mass is 9.99. The van der Waals surface area contributed by atoms with Gasteiger partial charge in [0.1, 0.15) is 0 Å². The molecule has 1 saturated carbocycles. The van der Waals surface area contributed by atoms with Gasteiger partial charge in [-0.05, 0) is 63.9 Å². The van der Waals surface area contributed by atoms with E-state index in [9.17, 15) is 5.11 Å². The summed E-state index contributed by atoms with van der Waals surface area (Å²) < 4.78 is 0. The van der Waals surface area contributed by atoms with Gasteiger partial charge >= 0.3 is 0 Å². The first-order valence-corrected chi connectivity index (χ1v) is 8.65. The summed E-state index contributed by atoms with van der Waals surface area (Å²) in [6.07, 6.45) is 9.37. The van der Waals surface area contributed by atoms with Crippen molar-refractivity contribution in [1.82, 2.24) is 15.0 Å². The maximum Gasteiger partial charge on any atom is 0.228 e. The molecule has 1 aromatic heterocycles. The van der Waals surface area contributed by atoms with Crippen LogP contribution in [0.2, 0.25) is 0 Å². The van der Waals surface area contributed by atoms with Crippen molar-refractivity contribution < 1.29 is 5.11 Å². The van der Waals surface area contributed by atoms with Crippen molar-refractivity contribution >= 4 is 17.5 Å². The van der Waals surface area contributed by atoms with Crippen LogP contribution in [-0.2, 0) is 0 Å². The van der Waals surface area contributed by atoms with Crippen LogP contribution in [0.25, 0.3) is 5.57 Å². The van der Waals surface area contributed by atoms with Crippen LogP contribution < -0.4 is 10.6 Å². The van der Waals surface area contributed by atoms with E-state index in [1.165, 1.54) is 31.3 Å². The first kappa shape index (κ1) is 16.2. The topological polar surface area (TPSA) is 83.0 Å². The molecule has 0 saturated heterocycles. The fourth-order valence-corrected chi connectivity index (χ4v) is 2.57. The number of rotatable bonds is 7. The molecule has 1 fully saturated rings. The van der Waals surface area contributed by atoms with Crippen molar-refractivity contribution in [3.8, 4) is 0 Å². The summed E-state index contributed by atoms with van der Waals surface area (Å²) in [6.45, 7) is 4.85. The van der Waals surface area contributed by atoms with Crippen molar-refractivity contribution in [2.45, 2.75) is 58.0 Å². The van der Waals surface area contributed by atoms with Gasteiger partial charge in [0.2, 0.25) is 11.9 Å². The average molecular weight is 317 g/mol. The van der Waals surface area contributed by atoms with Crippen LogP contribution in [0, 0.1) is 5.92 Å². The predicted octanol–water partition coefficient (Wildman–Crippen LogP) is 2.83. The quantitative estimate of drug-likeness (QED) is 0.717. The Kier molecular flexibility index (Phi) is 4.80. The van der Waals surface area contributed by atoms with Gasteiger partial charge in [0, 0.05) is 13.1 Å². The van der Waals surface area contributed by atoms with Crippen LogP contribution in [0.15, 0.2) is 6.08 Å². The van der Waals surface area contributed by atoms with E-state index >= 15 is 0 Å². The van der Waals surface area contributed by atoms with Crippen LogP contribution in [-0.4, -0.2) is 38.7 Å². The van der Waals surface area contributed by atoms with E-state index in [2.05, 4.69) is 31.7 Å². The Balaban J connectivity index is 1.78. The number of hydrogen-bond acceptors (Lipinski definition) is 6. The lowest BCUT2D eigenvalue weighted by molar-refractivity contribution is 0.0943. The summed E-state index contributed by atoms with van der Waals surface area (Å²) in [5.74, 6) is 2.68. The molecule has 2 aliphatic carbocycles. The summed E-state index contributed by atoms with van der Waals surface area (Å²) >= 11 is 0. The third kappa shape index (κ3) is 5.16. The molecule has 0 radical (unpaired) electrons. The van der Waals surface area contributed by atoms with Crippen LogP contribution in [0.5, 0.6) is 0 Å². The fraction of sp³-hybridized carbons (Fsp3) is 0.706. The normalized spacial score (nSPS) is 18.5. The average Bonchev–Trinajstić information content (AvgIpc) is 3.35. The van der Waals surface area contributed by atoms with E-state index in [-0.39, 0.29) is 0 Å². The molecule has 6 nitrogen and oxygen atoms in total. The highest BCUT2D eigenvalue weighted by Crippen LogP contribution is 2.29. The Hall–Kier alpha value is -1.69. The van der Waals surface area contributed by atoms with Gasteiger partial charge in [0.25, 0.3) is 0 Å². The van der Waals surface area contributed by atoms with E-state index < -0.39 is 5.60 Å². The van der Waals surface area contributed by atoms with Crippen molar-refractivity contribution in [3.63, 3.8) is 0 Å². The molecule has 0 spiro atoms. The van der Waals surface area contributed by atoms with E-state index in [1.807, 2.05) is 0 Å². The molecule has 23 heavy (non-hydrogen) atoms. The zero-order valence-electron chi connectivity index (χ0n) is 14.1. The van der Waals surface area contributed by atoms with E-state index in [4.69, 9.17) is 0 Å². The van der Waals surface area contributed by atoms with Gasteiger partial charge in [-0.3, -0.25) is 0 Å². The van der Waals surface area contributed by atoms with E-state index in [0.29, 0.717) is 18.4 Å². The number of nitrogens with one attached hydrogen (secondary N) is 2. The number of hydrogen-bond donors (Lipinski definition) is 3. The zero-order valence-corrected chi connectivity index (χ0v) is 14.1. The first-order chi connectivity index (χ1) is 11.0. The summed E-state index contributed by atoms with van der Waals surface area (Å²) in [7, 11) is 0. The second kappa shape index (κ2) is 6.83. The van der Waals surface area contributed by atoms with Gasteiger partial charge in [-0.25, -0.2) is 0 Å². The minimum atomic E-state index is -0.807. The third-order valence-corrected chi connectivity index (χ3v) is 4.14. The van der Waals surface area contributed by atoms with Crippen LogP contribution in [0.3, 0.4) is 0 Å². The second-order valence-corrected chi connectivity index (χ2v) is 7.27. The molecule has 0 aliphatic heterocycles. The Morgan fingerprint density at radius 1 is 1.13 bits per heavy atom. The van der Waals surface area contributed by atoms with Gasteiger partial charge in [-0.1, -0.05) is 6.08 Å². The zero-order chi connectivity index (χ0) is 16.3. The third-order valence-electron chi connectivity index (χ3n) is 4.14. The Labute approximate surface area is 137 Å². The van der Waals surface area contributed by atoms with E-state index in [1.54, 1.807) is 13.8 Å². The molecule has 0 unspecified atom stereocenters. The molecule has 1 heterocycles. The largest absolute Gasteiger partial charge is 0.389 e. The fourth-order valence-electron chi connectivity index (χ4n) is 2.57. The van der Waals surface area contributed by atoms with Crippen molar-refractivity contribution in [1.29, 1.82) is 0 Å². The van der Waals surface area contributed by atoms with Gasteiger partial charge in [-0.15, -0.1) is 0 Å². The second-order valence-electron chi connectivity index (χ2n) is 7.27. The van der Waals surface area contributed by atoms with Crippen LogP contribution in [0.1, 0.15) is 58.2 Å². The lowest BCUT2D eigenvalue weighted by Gasteiger charge is -2.19. The van der Waals surface area contributed by atoms with Crippen LogP contribution >= 0.6 is 0 Å². The molecule has 0 bridgehead atoms. The Bertz CT molecular complexity index is 575. The molecular formula is C17H27N5O. The minimum absolute atomic E-state index is 0.400. The van der Waals surface area contributed by atoms with Crippen molar-refractivity contribution in [2.24, 2.45) is 5.92 Å². The molecule has 0 aromatic carbocycles. The number of aliphatic hydroxyl groups is 1. The number of anilines is 2. The van der Waals surface area contributed by atoms with Gasteiger partial charge < -0.3 is 15.7 Å². The molecule has 1 aromatic rings. The Morgan fingerprint density at radius 3 is 2.48 bits per heavy atom. The summed E-state index contributed by atoms with van der Waals surface area (Å²) in [6, 6.07) is 0. The standard InChI is InChI=1S/C17H27N5O/c1-17(2,23)11-19-16-21-14(13-6-4-3-5-7-13)20-15(22-16)18-10-12-8-9-12/h6,12,23H,3-5,7-11H2,1-2H3,(H2,18,19,20,21,22). The molecule has 0 amide bonds. The minimum Gasteiger partial charge on any atom is -0.389 e. The lowest BCUT2D eigenvalue weighted by Crippen LogP contribution is -2.30. The number of aromatic nitrogens is 3. The van der Waals surface area contributed by atoms with Gasteiger partial charge in [-0.2, -0.15) is 15.0 Å². The van der Waals surface area contributed by atoms with Crippen molar-refractivity contribution in [3.05, 3.63) is 11.9 Å². The van der Waals surface area contributed by atoms with Gasteiger partial charge in [0.05, 0.1) is 5.60 Å². The summed E-state index contributed by atoms with van der Waals surface area (Å²) in [5, 5.41) is 16.4. The molecule has 3 rings (SSSR count). The highest BCUT2D eigenvalue weighted by atomic mass is 16.3. The maximum absolute atomic E-state index is 9.89. The van der Waals surface area contributed by atoms with Crippen LogP contribution in [0.4, 0.5) is 11.9 Å². The predicted molar refractivity (Wildman–Crippen MR) is 92.3 cm³/mol. The van der Waals surface area contributed by atoms with Gasteiger partial charge in [0.15, 0.2) is 5.82 Å². The molecule has 3 N–H and O–H groups in total. The molecule has 6 heteroatoms. The Morgan fingerprint density at radius 2 is 1.87 bits per heavy atom. The van der Waals surface area contributed by atoms with E-state index in [0.717, 1.165) is 31.1 Å². The van der Waals surface area contributed by atoms with Crippen molar-refractivity contribution in [2.75, 3.05) is 23.7 Å². The smallest absolute Gasteiger partial charge is 0.228 e. The summed E-state index contributed by atoms with van der Waals surface area (Å²) in [5.41, 5.74) is 0.401. The SMILES string of the molecule is CC(C)(O)CNc1nc(NCC2CC2)nc(C2=CCCCC2)n1. The molecular weight excluding hydrogens is 290 g/mol. The number of allylic oxidation sites excluding steroid dienone is 2. The highest BCUT2D eigenvalue weighted by Gasteiger charge is 2.22. The molecule has 2 aliphatic rings. The monoisotopic (exact) mass is 317 g/mol. The summed E-state index contributed by atoms with van der Waals surface area (Å²) in [4.78, 5) is 13.6. The molecule has 126 valence electrons.